The highest BCUT2D eigenvalue weighted by atomic mass is 16.5. The molecule has 0 bridgehead atoms. The van der Waals surface area contributed by atoms with Crippen molar-refractivity contribution in [3.63, 3.8) is 0 Å². The molecule has 4 amide bonds. The number of hydrogen-bond acceptors (Lipinski definition) is 6. The van der Waals surface area contributed by atoms with E-state index in [2.05, 4.69) is 10.6 Å². The third kappa shape index (κ3) is 6.76. The van der Waals surface area contributed by atoms with E-state index < -0.39 is 30.4 Å². The first-order chi connectivity index (χ1) is 12.8. The Bertz CT molecular complexity index is 671. The first-order valence-corrected chi connectivity index (χ1v) is 8.89. The van der Waals surface area contributed by atoms with Gasteiger partial charge in [0.1, 0.15) is 5.76 Å². The number of carbonyl (C=O) groups is 4. The maximum absolute atomic E-state index is 12.1. The summed E-state index contributed by atoms with van der Waals surface area (Å²) in [7, 11) is 0. The Morgan fingerprint density at radius 1 is 1.37 bits per heavy atom. The second kappa shape index (κ2) is 9.75. The van der Waals surface area contributed by atoms with Crippen LogP contribution in [0, 0.1) is 11.8 Å². The summed E-state index contributed by atoms with van der Waals surface area (Å²) in [6.07, 6.45) is 2.33. The van der Waals surface area contributed by atoms with Crippen LogP contribution < -0.4 is 10.6 Å². The summed E-state index contributed by atoms with van der Waals surface area (Å²) in [6.45, 7) is 4.41. The van der Waals surface area contributed by atoms with Crippen molar-refractivity contribution in [2.24, 2.45) is 11.8 Å². The molecule has 1 aliphatic rings. The Morgan fingerprint density at radius 3 is 2.81 bits per heavy atom. The molecule has 27 heavy (non-hydrogen) atoms. The molecule has 9 heteroatoms. The van der Waals surface area contributed by atoms with E-state index >= 15 is 0 Å². The Morgan fingerprint density at radius 2 is 2.15 bits per heavy atom. The molecule has 0 radical (unpaired) electrons. The van der Waals surface area contributed by atoms with Crippen LogP contribution in [-0.4, -0.2) is 48.4 Å². The quantitative estimate of drug-likeness (QED) is 0.652. The second-order valence-corrected chi connectivity index (χ2v) is 6.85. The maximum atomic E-state index is 12.1. The number of nitrogens with one attached hydrogen (secondary N) is 2. The minimum Gasteiger partial charge on any atom is -0.467 e. The molecule has 1 saturated heterocycles. The number of urea groups is 1. The van der Waals surface area contributed by atoms with Crippen LogP contribution in [0.2, 0.25) is 0 Å². The number of nitrogens with zero attached hydrogens (tertiary/aromatic N) is 1. The summed E-state index contributed by atoms with van der Waals surface area (Å²) in [6, 6.07) is 2.84. The highest BCUT2D eigenvalue weighted by Gasteiger charge is 2.35. The normalized spacial score (nSPS) is 16.5. The molecule has 2 heterocycles. The number of carbonyl (C=O) groups excluding carboxylic acids is 4. The molecule has 0 aliphatic carbocycles. The smallest absolute Gasteiger partial charge is 0.321 e. The average molecular weight is 379 g/mol. The van der Waals surface area contributed by atoms with E-state index in [0.29, 0.717) is 18.2 Å². The van der Waals surface area contributed by atoms with E-state index in [-0.39, 0.29) is 25.4 Å². The van der Waals surface area contributed by atoms with Gasteiger partial charge < -0.3 is 19.4 Å². The third-order valence-electron chi connectivity index (χ3n) is 4.08. The zero-order valence-corrected chi connectivity index (χ0v) is 15.5. The van der Waals surface area contributed by atoms with Crippen LogP contribution in [0.4, 0.5) is 4.79 Å². The first-order valence-electron chi connectivity index (χ1n) is 8.89. The molecule has 0 unspecified atom stereocenters. The fourth-order valence-corrected chi connectivity index (χ4v) is 2.61. The van der Waals surface area contributed by atoms with Crippen molar-refractivity contribution in [1.29, 1.82) is 0 Å². The number of likely N-dealkylation sites (tertiary alicyclic amines) is 1. The molecule has 1 aromatic heterocycles. The fourth-order valence-electron chi connectivity index (χ4n) is 2.61. The number of hydrogen-bond donors (Lipinski definition) is 2. The number of amides is 4. The predicted molar refractivity (Wildman–Crippen MR) is 94.2 cm³/mol. The van der Waals surface area contributed by atoms with Crippen LogP contribution in [-0.2, 0) is 25.7 Å². The fraction of sp³-hybridized carbons (Fsp3) is 0.556. The van der Waals surface area contributed by atoms with Crippen molar-refractivity contribution in [2.45, 2.75) is 33.2 Å². The van der Waals surface area contributed by atoms with Crippen LogP contribution in [0.15, 0.2) is 22.8 Å². The highest BCUT2D eigenvalue weighted by Crippen LogP contribution is 2.21. The van der Waals surface area contributed by atoms with Crippen LogP contribution >= 0.6 is 0 Å². The highest BCUT2D eigenvalue weighted by molar-refractivity contribution is 5.96. The lowest BCUT2D eigenvalue weighted by Crippen LogP contribution is -2.42. The van der Waals surface area contributed by atoms with Gasteiger partial charge in [0.15, 0.2) is 6.61 Å². The number of rotatable bonds is 8. The topological polar surface area (TPSA) is 118 Å². The second-order valence-electron chi connectivity index (χ2n) is 6.85. The molecule has 2 N–H and O–H groups in total. The van der Waals surface area contributed by atoms with Crippen LogP contribution in [0.3, 0.4) is 0 Å². The van der Waals surface area contributed by atoms with Crippen LogP contribution in [0.1, 0.15) is 32.4 Å². The summed E-state index contributed by atoms with van der Waals surface area (Å²) in [5.41, 5.74) is 0. The molecule has 1 fully saturated rings. The van der Waals surface area contributed by atoms with Gasteiger partial charge >= 0.3 is 12.0 Å². The van der Waals surface area contributed by atoms with Gasteiger partial charge in [-0.15, -0.1) is 0 Å². The summed E-state index contributed by atoms with van der Waals surface area (Å²) >= 11 is 0. The predicted octanol–water partition coefficient (Wildman–Crippen LogP) is 1.04. The van der Waals surface area contributed by atoms with Crippen molar-refractivity contribution < 1.29 is 28.3 Å². The summed E-state index contributed by atoms with van der Waals surface area (Å²) in [4.78, 5) is 48.8. The lowest BCUT2D eigenvalue weighted by atomic mass is 10.1. The minimum absolute atomic E-state index is 0.0247. The molecule has 9 nitrogen and oxygen atoms in total. The third-order valence-corrected chi connectivity index (χ3v) is 4.08. The molecule has 2 rings (SSSR count). The lowest BCUT2D eigenvalue weighted by Gasteiger charge is -2.14. The van der Waals surface area contributed by atoms with Gasteiger partial charge in [-0.25, -0.2) is 4.79 Å². The van der Waals surface area contributed by atoms with Crippen molar-refractivity contribution in [3.8, 4) is 0 Å². The first kappa shape index (κ1) is 20.5. The SMILES string of the molecule is CC(C)CCNC(=O)NC(=O)COC(=O)[C@H]1CC(=O)N(Cc2ccco2)C1. The van der Waals surface area contributed by atoms with Crippen molar-refractivity contribution in [3.05, 3.63) is 24.2 Å². The van der Waals surface area contributed by atoms with E-state index in [1.165, 1.54) is 11.2 Å². The minimum atomic E-state index is -0.720. The van der Waals surface area contributed by atoms with Gasteiger partial charge in [0.25, 0.3) is 5.91 Å². The maximum Gasteiger partial charge on any atom is 0.321 e. The van der Waals surface area contributed by atoms with Gasteiger partial charge in [-0.05, 0) is 24.5 Å². The van der Waals surface area contributed by atoms with E-state index in [1.54, 1.807) is 12.1 Å². The molecule has 0 saturated carbocycles. The van der Waals surface area contributed by atoms with E-state index in [9.17, 15) is 19.2 Å². The molecule has 0 spiro atoms. The Balaban J connectivity index is 1.68. The molecular weight excluding hydrogens is 354 g/mol. The number of imide groups is 1. The average Bonchev–Trinajstić information content (AvgIpc) is 3.23. The monoisotopic (exact) mass is 379 g/mol. The Kier molecular flexibility index (Phi) is 7.39. The van der Waals surface area contributed by atoms with Gasteiger partial charge in [0.2, 0.25) is 5.91 Å². The molecule has 148 valence electrons. The van der Waals surface area contributed by atoms with Crippen LogP contribution in [0.25, 0.3) is 0 Å². The molecule has 1 aliphatic heterocycles. The molecule has 1 atom stereocenters. The zero-order valence-electron chi connectivity index (χ0n) is 15.5. The van der Waals surface area contributed by atoms with Crippen molar-refractivity contribution in [2.75, 3.05) is 19.7 Å². The van der Waals surface area contributed by atoms with Crippen LogP contribution in [0.5, 0.6) is 0 Å². The van der Waals surface area contributed by atoms with E-state index in [1.807, 2.05) is 13.8 Å². The van der Waals surface area contributed by atoms with Gasteiger partial charge in [-0.1, -0.05) is 13.8 Å². The van der Waals surface area contributed by atoms with Crippen molar-refractivity contribution >= 4 is 23.8 Å². The Labute approximate surface area is 157 Å². The zero-order chi connectivity index (χ0) is 19.8. The molecular formula is C18H25N3O6. The molecule has 1 aromatic rings. The Hall–Kier alpha value is -2.84. The largest absolute Gasteiger partial charge is 0.467 e. The summed E-state index contributed by atoms with van der Waals surface area (Å²) in [5, 5.41) is 4.64. The number of furan rings is 1. The summed E-state index contributed by atoms with van der Waals surface area (Å²) in [5.74, 6) is -1.12. The number of esters is 1. The van der Waals surface area contributed by atoms with Gasteiger partial charge in [0.05, 0.1) is 18.7 Å². The number of ether oxygens (including phenoxy) is 1. The standard InChI is InChI=1S/C18H25N3O6/c1-12(2)5-6-19-18(25)20-15(22)11-27-17(24)13-8-16(23)21(9-13)10-14-4-3-7-26-14/h3-4,7,12-13H,5-6,8-11H2,1-2H3,(H2,19,20,22,25)/t13-/m0/s1. The lowest BCUT2D eigenvalue weighted by molar-refractivity contribution is -0.152. The van der Waals surface area contributed by atoms with Crippen molar-refractivity contribution in [1.82, 2.24) is 15.5 Å². The van der Waals surface area contributed by atoms with Gasteiger partial charge in [-0.3, -0.25) is 19.7 Å². The van der Waals surface area contributed by atoms with Gasteiger partial charge in [-0.2, -0.15) is 0 Å². The van der Waals surface area contributed by atoms with E-state index in [0.717, 1.165) is 6.42 Å². The van der Waals surface area contributed by atoms with E-state index in [4.69, 9.17) is 9.15 Å². The summed E-state index contributed by atoms with van der Waals surface area (Å²) < 4.78 is 10.1. The van der Waals surface area contributed by atoms with Gasteiger partial charge in [0, 0.05) is 19.5 Å². The molecule has 0 aromatic carbocycles.